The third-order valence-corrected chi connectivity index (χ3v) is 4.31. The molecule has 4 nitrogen and oxygen atoms in total. The van der Waals surface area contributed by atoms with Gasteiger partial charge in [-0.05, 0) is 31.2 Å². The van der Waals surface area contributed by atoms with E-state index in [2.05, 4.69) is 11.6 Å². The lowest BCUT2D eigenvalue weighted by atomic mass is 9.71. The first-order chi connectivity index (χ1) is 6.47. The maximum Gasteiger partial charge on any atom is 0.211 e. The first-order valence-corrected chi connectivity index (χ1v) is 6.80. The quantitative estimate of drug-likeness (QED) is 0.682. The Bertz CT molecular complexity index is 271. The third kappa shape index (κ3) is 3.55. The summed E-state index contributed by atoms with van der Waals surface area (Å²) in [6.07, 6.45) is 4.02. The van der Waals surface area contributed by atoms with E-state index in [4.69, 9.17) is 5.73 Å². The Morgan fingerprint density at radius 2 is 2.07 bits per heavy atom. The van der Waals surface area contributed by atoms with Crippen LogP contribution in [-0.2, 0) is 10.0 Å². The largest absolute Gasteiger partial charge is 0.330 e. The highest BCUT2D eigenvalue weighted by Gasteiger charge is 2.32. The summed E-state index contributed by atoms with van der Waals surface area (Å²) < 4.78 is 25.5. The van der Waals surface area contributed by atoms with E-state index in [9.17, 15) is 8.42 Å². The van der Waals surface area contributed by atoms with Crippen LogP contribution in [0.2, 0.25) is 0 Å². The Kier molecular flexibility index (Phi) is 3.92. The summed E-state index contributed by atoms with van der Waals surface area (Å²) in [7, 11) is -3.08. The molecule has 0 atom stereocenters. The van der Waals surface area contributed by atoms with Crippen molar-refractivity contribution >= 4 is 10.0 Å². The van der Waals surface area contributed by atoms with Crippen LogP contribution in [0.25, 0.3) is 0 Å². The minimum Gasteiger partial charge on any atom is -0.330 e. The number of rotatable bonds is 6. The predicted octanol–water partition coefficient (Wildman–Crippen LogP) is 0.445. The van der Waals surface area contributed by atoms with Crippen molar-refractivity contribution in [3.63, 3.8) is 0 Å². The van der Waals surface area contributed by atoms with E-state index in [0.717, 1.165) is 12.8 Å². The highest BCUT2D eigenvalue weighted by Crippen LogP contribution is 2.39. The minimum absolute atomic E-state index is 0.152. The Morgan fingerprint density at radius 3 is 2.50 bits per heavy atom. The van der Waals surface area contributed by atoms with Crippen LogP contribution in [0, 0.1) is 5.41 Å². The molecule has 14 heavy (non-hydrogen) atoms. The van der Waals surface area contributed by atoms with Crippen LogP contribution < -0.4 is 10.5 Å². The van der Waals surface area contributed by atoms with E-state index in [1.54, 1.807) is 0 Å². The van der Waals surface area contributed by atoms with Crippen molar-refractivity contribution < 1.29 is 8.42 Å². The highest BCUT2D eigenvalue weighted by atomic mass is 32.2. The van der Waals surface area contributed by atoms with Crippen molar-refractivity contribution in [3.05, 3.63) is 0 Å². The lowest BCUT2D eigenvalue weighted by molar-refractivity contribution is 0.166. The minimum atomic E-state index is -3.08. The fraction of sp³-hybridized carbons (Fsp3) is 1.00. The molecule has 0 amide bonds. The van der Waals surface area contributed by atoms with E-state index < -0.39 is 10.0 Å². The fourth-order valence-electron chi connectivity index (χ4n) is 1.59. The molecule has 0 aliphatic heterocycles. The summed E-state index contributed by atoms with van der Waals surface area (Å²) in [5.74, 6) is 0.152. The first-order valence-electron chi connectivity index (χ1n) is 5.15. The van der Waals surface area contributed by atoms with Gasteiger partial charge in [0.25, 0.3) is 0 Å². The summed E-state index contributed by atoms with van der Waals surface area (Å²) in [6.45, 7) is 3.14. The van der Waals surface area contributed by atoms with Gasteiger partial charge >= 0.3 is 0 Å². The first kappa shape index (κ1) is 11.9. The second kappa shape index (κ2) is 4.59. The number of sulfonamides is 1. The van der Waals surface area contributed by atoms with Gasteiger partial charge in [0.05, 0.1) is 5.75 Å². The van der Waals surface area contributed by atoms with Crippen LogP contribution in [0.3, 0.4) is 0 Å². The molecule has 5 heteroatoms. The molecule has 0 heterocycles. The molecule has 0 spiro atoms. The molecule has 0 saturated heterocycles. The molecule has 3 N–H and O–H groups in total. The monoisotopic (exact) mass is 220 g/mol. The molecule has 0 bridgehead atoms. The van der Waals surface area contributed by atoms with Gasteiger partial charge < -0.3 is 5.73 Å². The van der Waals surface area contributed by atoms with Crippen molar-refractivity contribution in [1.29, 1.82) is 0 Å². The Labute approximate surface area is 86.3 Å². The zero-order valence-electron chi connectivity index (χ0n) is 8.75. The standard InChI is InChI=1S/C9H20N2O2S/c1-9(4-2-5-9)8-11-14(12,13)7-3-6-10/h11H,2-8,10H2,1H3. The van der Waals surface area contributed by atoms with Crippen molar-refractivity contribution in [2.75, 3.05) is 18.8 Å². The van der Waals surface area contributed by atoms with E-state index in [1.807, 2.05) is 0 Å². The SMILES string of the molecule is CC1(CNS(=O)(=O)CCCN)CCC1. The molecule has 0 aromatic heterocycles. The average molecular weight is 220 g/mol. The second-order valence-electron chi connectivity index (χ2n) is 4.45. The summed E-state index contributed by atoms with van der Waals surface area (Å²) in [5, 5.41) is 0. The lowest BCUT2D eigenvalue weighted by Gasteiger charge is -2.38. The van der Waals surface area contributed by atoms with Crippen LogP contribution >= 0.6 is 0 Å². The number of hydrogen-bond acceptors (Lipinski definition) is 3. The smallest absolute Gasteiger partial charge is 0.211 e. The summed E-state index contributed by atoms with van der Waals surface area (Å²) in [5.41, 5.74) is 5.47. The second-order valence-corrected chi connectivity index (χ2v) is 6.37. The molecule has 1 aliphatic carbocycles. The summed E-state index contributed by atoms with van der Waals surface area (Å²) in [6, 6.07) is 0. The third-order valence-electron chi connectivity index (χ3n) is 2.90. The zero-order chi connectivity index (χ0) is 10.7. The van der Waals surface area contributed by atoms with Crippen LogP contribution in [-0.4, -0.2) is 27.3 Å². The molecule has 0 aromatic rings. The van der Waals surface area contributed by atoms with Gasteiger partial charge in [0.15, 0.2) is 0 Å². The molecule has 0 radical (unpaired) electrons. The van der Waals surface area contributed by atoms with E-state index in [0.29, 0.717) is 19.5 Å². The maximum absolute atomic E-state index is 11.4. The number of nitrogens with one attached hydrogen (secondary N) is 1. The maximum atomic E-state index is 11.4. The number of hydrogen-bond donors (Lipinski definition) is 2. The predicted molar refractivity (Wildman–Crippen MR) is 57.4 cm³/mol. The molecule has 1 fully saturated rings. The molecule has 0 unspecified atom stereocenters. The van der Waals surface area contributed by atoms with E-state index in [-0.39, 0.29) is 11.2 Å². The Hall–Kier alpha value is -0.130. The number of nitrogens with two attached hydrogens (primary N) is 1. The molecule has 0 aromatic carbocycles. The van der Waals surface area contributed by atoms with Gasteiger partial charge in [-0.3, -0.25) is 0 Å². The van der Waals surface area contributed by atoms with Gasteiger partial charge in [0.1, 0.15) is 0 Å². The van der Waals surface area contributed by atoms with Crippen molar-refractivity contribution in [3.8, 4) is 0 Å². The lowest BCUT2D eigenvalue weighted by Crippen LogP contribution is -2.40. The Morgan fingerprint density at radius 1 is 1.43 bits per heavy atom. The van der Waals surface area contributed by atoms with Gasteiger partial charge in [0, 0.05) is 6.54 Å². The normalized spacial score (nSPS) is 20.4. The van der Waals surface area contributed by atoms with Crippen molar-refractivity contribution in [1.82, 2.24) is 4.72 Å². The zero-order valence-corrected chi connectivity index (χ0v) is 9.57. The van der Waals surface area contributed by atoms with Crippen LogP contribution in [0.1, 0.15) is 32.6 Å². The van der Waals surface area contributed by atoms with Crippen LogP contribution in [0.4, 0.5) is 0 Å². The van der Waals surface area contributed by atoms with Gasteiger partial charge in [-0.2, -0.15) is 0 Å². The Balaban J connectivity index is 2.28. The summed E-state index contributed by atoms with van der Waals surface area (Å²) in [4.78, 5) is 0. The molecule has 1 aliphatic rings. The topological polar surface area (TPSA) is 72.2 Å². The van der Waals surface area contributed by atoms with E-state index in [1.165, 1.54) is 6.42 Å². The molecule has 1 rings (SSSR count). The fourth-order valence-corrected chi connectivity index (χ4v) is 2.85. The van der Waals surface area contributed by atoms with Crippen molar-refractivity contribution in [2.24, 2.45) is 11.1 Å². The van der Waals surface area contributed by atoms with Gasteiger partial charge in [-0.25, -0.2) is 13.1 Å². The van der Waals surface area contributed by atoms with Gasteiger partial charge in [-0.15, -0.1) is 0 Å². The van der Waals surface area contributed by atoms with Gasteiger partial charge in [-0.1, -0.05) is 13.3 Å². The van der Waals surface area contributed by atoms with Crippen molar-refractivity contribution in [2.45, 2.75) is 32.6 Å². The van der Waals surface area contributed by atoms with Crippen LogP contribution in [0.5, 0.6) is 0 Å². The summed E-state index contributed by atoms with van der Waals surface area (Å²) >= 11 is 0. The molecular weight excluding hydrogens is 200 g/mol. The van der Waals surface area contributed by atoms with Gasteiger partial charge in [0.2, 0.25) is 10.0 Å². The molecule has 84 valence electrons. The highest BCUT2D eigenvalue weighted by molar-refractivity contribution is 7.89. The molecule has 1 saturated carbocycles. The average Bonchev–Trinajstić information content (AvgIpc) is 2.09. The molecular formula is C9H20N2O2S. The van der Waals surface area contributed by atoms with E-state index >= 15 is 0 Å². The van der Waals surface area contributed by atoms with Crippen LogP contribution in [0.15, 0.2) is 0 Å².